The summed E-state index contributed by atoms with van der Waals surface area (Å²) >= 11 is 5.67. The number of phenols is 1. The third-order valence-electron chi connectivity index (χ3n) is 9.86. The van der Waals surface area contributed by atoms with Gasteiger partial charge < -0.3 is 30.4 Å². The molecule has 0 aromatic heterocycles. The molecule has 3 aliphatic rings. The van der Waals surface area contributed by atoms with E-state index in [4.69, 9.17) is 21.5 Å². The second kappa shape index (κ2) is 15.0. The number of nitrogens with one attached hydrogen (secondary N) is 2. The predicted molar refractivity (Wildman–Crippen MR) is 210 cm³/mol. The van der Waals surface area contributed by atoms with Gasteiger partial charge in [0, 0.05) is 54.0 Å². The van der Waals surface area contributed by atoms with Crippen molar-refractivity contribution >= 4 is 50.7 Å². The molecule has 0 saturated carbocycles. The minimum atomic E-state index is -1.15. The first-order valence-electron chi connectivity index (χ1n) is 17.7. The van der Waals surface area contributed by atoms with Crippen molar-refractivity contribution in [2.75, 3.05) is 18.5 Å². The van der Waals surface area contributed by atoms with Crippen LogP contribution in [0.5, 0.6) is 5.75 Å². The Morgan fingerprint density at radius 3 is 2.55 bits per heavy atom. The summed E-state index contributed by atoms with van der Waals surface area (Å²) in [6, 6.07) is 28.6. The SMILES string of the molecule is CC(C)C[C@]1(CCO)C[C@H](CNC(=S)Nc2ccc(-c3c4ccc(=O)cc-4oc4cc(O)ccc34)c(C(=O)O)c2)ON1Cc1ccc2ccccc2c1. The van der Waals surface area contributed by atoms with E-state index >= 15 is 0 Å². The highest BCUT2D eigenvalue weighted by atomic mass is 32.1. The number of fused-ring (bicyclic) bond motifs is 3. The van der Waals surface area contributed by atoms with Crippen LogP contribution in [0.25, 0.3) is 44.2 Å². The van der Waals surface area contributed by atoms with Crippen LogP contribution in [-0.2, 0) is 11.4 Å². The maximum Gasteiger partial charge on any atom is 0.336 e. The fraction of sp³-hybridized carbons (Fsp3) is 0.262. The van der Waals surface area contributed by atoms with Crippen molar-refractivity contribution < 1.29 is 29.4 Å². The molecule has 0 radical (unpaired) electrons. The maximum absolute atomic E-state index is 12.7. The minimum absolute atomic E-state index is 0.0109. The Balaban J connectivity index is 1.10. The number of carboxylic acid groups (broad SMARTS) is 1. The number of rotatable bonds is 11. The molecule has 0 bridgehead atoms. The van der Waals surface area contributed by atoms with Gasteiger partial charge in [0.1, 0.15) is 17.1 Å². The average molecular weight is 732 g/mol. The third kappa shape index (κ3) is 7.60. The van der Waals surface area contributed by atoms with Crippen LogP contribution in [0, 0.1) is 5.92 Å². The highest BCUT2D eigenvalue weighted by Gasteiger charge is 2.46. The maximum atomic E-state index is 12.7. The van der Waals surface area contributed by atoms with E-state index in [1.165, 1.54) is 35.7 Å². The van der Waals surface area contributed by atoms with Crippen molar-refractivity contribution in [3.05, 3.63) is 118 Å². The number of anilines is 1. The van der Waals surface area contributed by atoms with Crippen molar-refractivity contribution in [2.45, 2.75) is 51.3 Å². The van der Waals surface area contributed by atoms with Crippen molar-refractivity contribution in [3.8, 4) is 28.2 Å². The van der Waals surface area contributed by atoms with E-state index in [0.29, 0.717) is 70.3 Å². The number of aromatic carboxylic acids is 1. The Kier molecular flexibility index (Phi) is 10.2. The molecule has 2 aliphatic heterocycles. The molecule has 1 aliphatic carbocycles. The number of benzene rings is 5. The molecule has 53 heavy (non-hydrogen) atoms. The summed E-state index contributed by atoms with van der Waals surface area (Å²) in [4.78, 5) is 31.5. The van der Waals surface area contributed by atoms with Gasteiger partial charge in [-0.15, -0.1) is 0 Å². The Labute approximate surface area is 311 Å². The van der Waals surface area contributed by atoms with E-state index in [9.17, 15) is 24.9 Å². The lowest BCUT2D eigenvalue weighted by Gasteiger charge is -2.37. The number of aliphatic hydroxyl groups excluding tert-OH is 1. The summed E-state index contributed by atoms with van der Waals surface area (Å²) in [5.74, 6) is -0.526. The highest BCUT2D eigenvalue weighted by molar-refractivity contribution is 7.80. The zero-order valence-electron chi connectivity index (χ0n) is 29.5. The molecule has 272 valence electrons. The fourth-order valence-corrected chi connectivity index (χ4v) is 7.90. The van der Waals surface area contributed by atoms with Crippen molar-refractivity contribution in [1.29, 1.82) is 0 Å². The van der Waals surface area contributed by atoms with Crippen molar-refractivity contribution in [2.24, 2.45) is 5.92 Å². The van der Waals surface area contributed by atoms with Crippen LogP contribution in [-0.4, -0.2) is 56.3 Å². The summed E-state index contributed by atoms with van der Waals surface area (Å²) in [6.45, 7) is 5.37. The molecular formula is C42H41N3O7S. The van der Waals surface area contributed by atoms with Crippen LogP contribution >= 0.6 is 12.2 Å². The lowest BCUT2D eigenvalue weighted by molar-refractivity contribution is -0.200. The van der Waals surface area contributed by atoms with E-state index in [1.807, 2.05) is 12.1 Å². The monoisotopic (exact) mass is 731 g/mol. The van der Waals surface area contributed by atoms with Gasteiger partial charge in [0.25, 0.3) is 0 Å². The van der Waals surface area contributed by atoms with E-state index in [2.05, 4.69) is 59.9 Å². The normalized spacial score (nSPS) is 17.5. The largest absolute Gasteiger partial charge is 0.508 e. The quantitative estimate of drug-likeness (QED) is 0.0658. The van der Waals surface area contributed by atoms with Crippen molar-refractivity contribution in [1.82, 2.24) is 10.4 Å². The van der Waals surface area contributed by atoms with Crippen molar-refractivity contribution in [3.63, 3.8) is 0 Å². The molecule has 5 N–H and O–H groups in total. The minimum Gasteiger partial charge on any atom is -0.508 e. The zero-order valence-corrected chi connectivity index (χ0v) is 30.3. The van der Waals surface area contributed by atoms with E-state index in [1.54, 1.807) is 24.3 Å². The smallest absolute Gasteiger partial charge is 0.336 e. The van der Waals surface area contributed by atoms with Gasteiger partial charge in [0.2, 0.25) is 0 Å². The van der Waals surface area contributed by atoms with Gasteiger partial charge in [-0.3, -0.25) is 9.63 Å². The van der Waals surface area contributed by atoms with Gasteiger partial charge in [-0.2, -0.15) is 5.06 Å². The second-order valence-corrected chi connectivity index (χ2v) is 14.6. The summed E-state index contributed by atoms with van der Waals surface area (Å²) in [6.07, 6.45) is 1.89. The van der Waals surface area contributed by atoms with Gasteiger partial charge >= 0.3 is 5.97 Å². The van der Waals surface area contributed by atoms with E-state index in [0.717, 1.165) is 17.4 Å². The molecule has 0 unspecified atom stereocenters. The van der Waals surface area contributed by atoms with Gasteiger partial charge in [0.15, 0.2) is 10.5 Å². The number of thiocarbonyl (C=S) groups is 1. The fourth-order valence-electron chi connectivity index (χ4n) is 7.70. The molecule has 10 nitrogen and oxygen atoms in total. The first-order chi connectivity index (χ1) is 25.5. The van der Waals surface area contributed by atoms with Gasteiger partial charge in [0.05, 0.1) is 17.2 Å². The first-order valence-corrected chi connectivity index (χ1v) is 18.1. The zero-order chi connectivity index (χ0) is 37.3. The number of nitrogens with zero attached hydrogens (tertiary/aromatic N) is 1. The number of hydroxylamine groups is 2. The van der Waals surface area contributed by atoms with Gasteiger partial charge in [-0.1, -0.05) is 56.3 Å². The highest BCUT2D eigenvalue weighted by Crippen LogP contribution is 2.43. The molecule has 0 spiro atoms. The third-order valence-corrected chi connectivity index (χ3v) is 10.1. The van der Waals surface area contributed by atoms with Gasteiger partial charge in [-0.05, 0) is 102 Å². The predicted octanol–water partition coefficient (Wildman–Crippen LogP) is 7.78. The molecular weight excluding hydrogens is 691 g/mol. The number of aromatic hydroxyl groups is 1. The molecule has 7 rings (SSSR count). The Morgan fingerprint density at radius 1 is 0.981 bits per heavy atom. The lowest BCUT2D eigenvalue weighted by Crippen LogP contribution is -2.44. The number of phenolic OH excluding ortho intramolecular Hbond substituents is 1. The summed E-state index contributed by atoms with van der Waals surface area (Å²) in [5.41, 5.74) is 2.82. The number of hydrogen-bond acceptors (Lipinski definition) is 8. The van der Waals surface area contributed by atoms with Crippen LogP contribution in [0.2, 0.25) is 0 Å². The molecule has 0 amide bonds. The van der Waals surface area contributed by atoms with Crippen LogP contribution in [0.15, 0.2) is 106 Å². The molecule has 4 aromatic rings. The van der Waals surface area contributed by atoms with Crippen LogP contribution in [0.1, 0.15) is 49.0 Å². The number of carbonyl (C=O) groups is 1. The van der Waals surface area contributed by atoms with Crippen LogP contribution < -0.4 is 16.1 Å². The first kappa shape index (κ1) is 36.0. The summed E-state index contributed by atoms with van der Waals surface area (Å²) in [5, 5.41) is 42.3. The molecule has 2 heterocycles. The second-order valence-electron chi connectivity index (χ2n) is 14.2. The Hall–Kier alpha value is -5.33. The molecule has 11 heteroatoms. The summed E-state index contributed by atoms with van der Waals surface area (Å²) in [7, 11) is 0. The average Bonchev–Trinajstić information content (AvgIpc) is 3.44. The van der Waals surface area contributed by atoms with Crippen LogP contribution in [0.3, 0.4) is 0 Å². The Morgan fingerprint density at radius 2 is 1.77 bits per heavy atom. The lowest BCUT2D eigenvalue weighted by atomic mass is 9.81. The van der Waals surface area contributed by atoms with Crippen LogP contribution in [0.4, 0.5) is 5.69 Å². The number of hydrogen-bond donors (Lipinski definition) is 5. The summed E-state index contributed by atoms with van der Waals surface area (Å²) < 4.78 is 5.94. The molecule has 1 saturated heterocycles. The van der Waals surface area contributed by atoms with Gasteiger partial charge in [-0.25, -0.2) is 4.79 Å². The molecule has 2 atom stereocenters. The number of carboxylic acids is 1. The van der Waals surface area contributed by atoms with E-state index < -0.39 is 5.97 Å². The topological polar surface area (TPSA) is 144 Å². The Bertz CT molecular complexity index is 2360. The molecule has 1 fully saturated rings. The number of aliphatic hydroxyl groups is 1. The standard InChI is InChI=1S/C42H41N3O7S/c1-25(2)21-42(15-16-46)22-32(52-45(42)24-26-7-8-27-5-3-4-6-28(27)17-26)23-43-41(53)44-29-9-12-33(36(18-29)40(49)50)39-34-13-10-30(47)19-37(34)51-38-20-31(48)11-14-35(38)39/h3-14,17-20,25,32,46-47H,15-16,21-24H2,1-2H3,(H,49,50)(H2,43,44,53)/t32-,42-/m1/s1. The van der Waals surface area contributed by atoms with E-state index in [-0.39, 0.29) is 40.8 Å². The molecule has 4 aromatic carbocycles.